The molecule has 0 spiro atoms. The lowest BCUT2D eigenvalue weighted by molar-refractivity contribution is 0.401. The first-order chi connectivity index (χ1) is 8.97. The van der Waals surface area contributed by atoms with Gasteiger partial charge in [0.1, 0.15) is 10.6 Å². The van der Waals surface area contributed by atoms with E-state index in [-0.39, 0.29) is 23.3 Å². The molecule has 1 aliphatic rings. The lowest BCUT2D eigenvalue weighted by atomic mass is 10.2. The van der Waals surface area contributed by atoms with Crippen LogP contribution in [-0.2, 0) is 10.0 Å². The second-order valence-corrected chi connectivity index (χ2v) is 7.19. The van der Waals surface area contributed by atoms with Crippen molar-refractivity contribution in [2.24, 2.45) is 11.7 Å². The summed E-state index contributed by atoms with van der Waals surface area (Å²) in [5.41, 5.74) is 5.63. The van der Waals surface area contributed by atoms with Gasteiger partial charge < -0.3 is 10.5 Å². The van der Waals surface area contributed by atoms with Crippen LogP contribution >= 0.6 is 28.3 Å². The van der Waals surface area contributed by atoms with Gasteiger partial charge in [-0.25, -0.2) is 13.1 Å². The summed E-state index contributed by atoms with van der Waals surface area (Å²) in [6.45, 7) is 0.306. The Balaban J connectivity index is 0.00000200. The molecule has 8 heteroatoms. The number of sulfonamides is 1. The summed E-state index contributed by atoms with van der Waals surface area (Å²) in [4.78, 5) is 0.128. The van der Waals surface area contributed by atoms with Crippen LogP contribution in [0, 0.1) is 5.92 Å². The van der Waals surface area contributed by atoms with Gasteiger partial charge in [0.2, 0.25) is 10.0 Å². The van der Waals surface area contributed by atoms with Crippen LogP contribution in [0.5, 0.6) is 5.75 Å². The van der Waals surface area contributed by atoms with E-state index in [4.69, 9.17) is 10.5 Å². The van der Waals surface area contributed by atoms with Crippen molar-refractivity contribution in [3.63, 3.8) is 0 Å². The number of nitrogens with two attached hydrogens (primary N) is 1. The van der Waals surface area contributed by atoms with E-state index in [0.717, 1.165) is 12.8 Å². The summed E-state index contributed by atoms with van der Waals surface area (Å²) < 4.78 is 33.3. The summed E-state index contributed by atoms with van der Waals surface area (Å²) in [5, 5.41) is 0. The molecule has 1 unspecified atom stereocenters. The molecule has 1 aromatic carbocycles. The van der Waals surface area contributed by atoms with E-state index in [2.05, 4.69) is 20.7 Å². The zero-order valence-corrected chi connectivity index (χ0v) is 14.2. The van der Waals surface area contributed by atoms with Gasteiger partial charge in [0.15, 0.2) is 0 Å². The fraction of sp³-hybridized carbons (Fsp3) is 0.500. The van der Waals surface area contributed by atoms with Crippen LogP contribution in [0.25, 0.3) is 0 Å². The Morgan fingerprint density at radius 1 is 1.50 bits per heavy atom. The fourth-order valence-electron chi connectivity index (χ4n) is 1.96. The number of ether oxygens (including phenoxy) is 1. The van der Waals surface area contributed by atoms with E-state index in [0.29, 0.717) is 22.7 Å². The molecule has 5 nitrogen and oxygen atoms in total. The lowest BCUT2D eigenvalue weighted by Crippen LogP contribution is -2.41. The van der Waals surface area contributed by atoms with E-state index >= 15 is 0 Å². The highest BCUT2D eigenvalue weighted by Gasteiger charge is 2.34. The Bertz CT molecular complexity index is 564. The van der Waals surface area contributed by atoms with Crippen molar-refractivity contribution in [3.05, 3.63) is 22.7 Å². The molecule has 2 rings (SSSR count). The predicted octanol–water partition coefficient (Wildman–Crippen LogP) is 1.90. The van der Waals surface area contributed by atoms with Gasteiger partial charge in [0.05, 0.1) is 7.11 Å². The van der Waals surface area contributed by atoms with E-state index in [9.17, 15) is 8.42 Å². The average molecular weight is 386 g/mol. The number of hydrogen-bond acceptors (Lipinski definition) is 4. The highest BCUT2D eigenvalue weighted by atomic mass is 79.9. The normalized spacial score (nSPS) is 16.4. The molecule has 0 heterocycles. The largest absolute Gasteiger partial charge is 0.495 e. The van der Waals surface area contributed by atoms with Crippen LogP contribution in [0.1, 0.15) is 12.8 Å². The number of benzene rings is 1. The van der Waals surface area contributed by atoms with Crippen LogP contribution in [0.2, 0.25) is 0 Å². The molecule has 1 atom stereocenters. The van der Waals surface area contributed by atoms with Crippen molar-refractivity contribution >= 4 is 38.4 Å². The molecular weight excluding hydrogens is 368 g/mol. The number of nitrogens with one attached hydrogen (secondary N) is 1. The molecule has 0 aromatic heterocycles. The van der Waals surface area contributed by atoms with E-state index in [1.54, 1.807) is 12.1 Å². The van der Waals surface area contributed by atoms with Gasteiger partial charge >= 0.3 is 0 Å². The Hall–Kier alpha value is -0.340. The van der Waals surface area contributed by atoms with Crippen molar-refractivity contribution in [1.82, 2.24) is 4.72 Å². The van der Waals surface area contributed by atoms with Crippen molar-refractivity contribution in [1.29, 1.82) is 0 Å². The summed E-state index contributed by atoms with van der Waals surface area (Å²) in [6, 6.07) is 4.68. The van der Waals surface area contributed by atoms with Crippen LogP contribution < -0.4 is 15.2 Å². The minimum atomic E-state index is -3.63. The van der Waals surface area contributed by atoms with Crippen molar-refractivity contribution < 1.29 is 13.2 Å². The molecule has 0 saturated heterocycles. The fourth-order valence-corrected chi connectivity index (χ4v) is 3.98. The third-order valence-electron chi connectivity index (χ3n) is 3.17. The zero-order chi connectivity index (χ0) is 14.0. The second-order valence-electron chi connectivity index (χ2n) is 4.60. The third kappa shape index (κ3) is 4.08. The number of halogens is 2. The van der Waals surface area contributed by atoms with Gasteiger partial charge in [-0.15, -0.1) is 12.4 Å². The summed E-state index contributed by atoms with van der Waals surface area (Å²) in [7, 11) is -2.18. The zero-order valence-electron chi connectivity index (χ0n) is 11.0. The van der Waals surface area contributed by atoms with Crippen LogP contribution in [0.3, 0.4) is 0 Å². The molecule has 1 aliphatic carbocycles. The Labute approximate surface area is 133 Å². The molecule has 114 valence electrons. The smallest absolute Gasteiger partial charge is 0.244 e. The molecule has 0 radical (unpaired) electrons. The number of rotatable bonds is 6. The first kappa shape index (κ1) is 17.7. The van der Waals surface area contributed by atoms with E-state index in [1.165, 1.54) is 13.2 Å². The molecule has 0 aliphatic heterocycles. The monoisotopic (exact) mass is 384 g/mol. The molecule has 1 saturated carbocycles. The van der Waals surface area contributed by atoms with E-state index in [1.807, 2.05) is 0 Å². The summed E-state index contributed by atoms with van der Waals surface area (Å²) in [5.74, 6) is 0.681. The predicted molar refractivity (Wildman–Crippen MR) is 83.8 cm³/mol. The van der Waals surface area contributed by atoms with Crippen LogP contribution in [0.15, 0.2) is 27.6 Å². The molecule has 0 amide bonds. The maximum atomic E-state index is 12.4. The van der Waals surface area contributed by atoms with Gasteiger partial charge in [0, 0.05) is 17.1 Å². The topological polar surface area (TPSA) is 81.4 Å². The molecule has 0 bridgehead atoms. The van der Waals surface area contributed by atoms with Gasteiger partial charge in [-0.05, 0) is 37.0 Å². The Morgan fingerprint density at radius 2 is 2.15 bits per heavy atom. The summed E-state index contributed by atoms with van der Waals surface area (Å²) in [6.07, 6.45) is 2.06. The molecule has 3 N–H and O–H groups in total. The molecule has 20 heavy (non-hydrogen) atoms. The van der Waals surface area contributed by atoms with Crippen molar-refractivity contribution in [2.75, 3.05) is 13.7 Å². The van der Waals surface area contributed by atoms with Gasteiger partial charge in [-0.2, -0.15) is 0 Å². The first-order valence-electron chi connectivity index (χ1n) is 6.04. The third-order valence-corrected chi connectivity index (χ3v) is 5.17. The van der Waals surface area contributed by atoms with Crippen LogP contribution in [-0.4, -0.2) is 28.1 Å². The highest BCUT2D eigenvalue weighted by Crippen LogP contribution is 2.34. The molecule has 1 fully saturated rings. The average Bonchev–Trinajstić information content (AvgIpc) is 3.20. The maximum absolute atomic E-state index is 12.4. The maximum Gasteiger partial charge on any atom is 0.244 e. The summed E-state index contributed by atoms with van der Waals surface area (Å²) >= 11 is 3.27. The van der Waals surface area contributed by atoms with Gasteiger partial charge in [0.25, 0.3) is 0 Å². The van der Waals surface area contributed by atoms with Gasteiger partial charge in [-0.1, -0.05) is 15.9 Å². The molecular formula is C12H18BrClN2O3S. The van der Waals surface area contributed by atoms with Crippen molar-refractivity contribution in [3.8, 4) is 5.75 Å². The number of hydrogen-bond donors (Lipinski definition) is 2. The SMILES string of the molecule is COc1ccc(Br)cc1S(=O)(=O)NC(CN)C1CC1.Cl. The number of methoxy groups -OCH3 is 1. The second kappa shape index (κ2) is 7.09. The quantitative estimate of drug-likeness (QED) is 0.783. The van der Waals surface area contributed by atoms with Gasteiger partial charge in [-0.3, -0.25) is 0 Å². The van der Waals surface area contributed by atoms with Crippen molar-refractivity contribution in [2.45, 2.75) is 23.8 Å². The lowest BCUT2D eigenvalue weighted by Gasteiger charge is -2.17. The first-order valence-corrected chi connectivity index (χ1v) is 8.31. The molecule has 1 aromatic rings. The standard InChI is InChI=1S/C12H17BrN2O3S.ClH/c1-18-11-5-4-9(13)6-12(11)19(16,17)15-10(7-14)8-2-3-8;/h4-6,8,10,15H,2-3,7,14H2,1H3;1H. The highest BCUT2D eigenvalue weighted by molar-refractivity contribution is 9.10. The van der Waals surface area contributed by atoms with E-state index < -0.39 is 10.0 Å². The Morgan fingerprint density at radius 3 is 2.65 bits per heavy atom. The minimum Gasteiger partial charge on any atom is -0.495 e. The Kier molecular flexibility index (Phi) is 6.27. The van der Waals surface area contributed by atoms with Crippen LogP contribution in [0.4, 0.5) is 0 Å². The minimum absolute atomic E-state index is 0.